The lowest BCUT2D eigenvalue weighted by molar-refractivity contribution is 0.0940. The summed E-state index contributed by atoms with van der Waals surface area (Å²) in [4.78, 5) is 11.9. The van der Waals surface area contributed by atoms with E-state index in [9.17, 15) is 4.79 Å². The minimum atomic E-state index is -0.163. The Morgan fingerprint density at radius 2 is 2.31 bits per heavy atom. The van der Waals surface area contributed by atoms with Crippen LogP contribution in [0.4, 0.5) is 0 Å². The second kappa shape index (κ2) is 5.86. The van der Waals surface area contributed by atoms with Crippen molar-refractivity contribution in [1.29, 1.82) is 0 Å². The van der Waals surface area contributed by atoms with Gasteiger partial charge >= 0.3 is 0 Å². The molecule has 0 radical (unpaired) electrons. The van der Waals surface area contributed by atoms with Crippen LogP contribution in [0.3, 0.4) is 0 Å². The average Bonchev–Trinajstić information content (AvgIpc) is 2.29. The molecule has 3 N–H and O–H groups in total. The van der Waals surface area contributed by atoms with Gasteiger partial charge in [0.25, 0.3) is 5.91 Å². The molecule has 1 atom stereocenters. The molecule has 0 aliphatic heterocycles. The predicted octanol–water partition coefficient (Wildman–Crippen LogP) is 1.53. The average molecular weight is 287 g/mol. The molecule has 0 aromatic heterocycles. The fourth-order valence-electron chi connectivity index (χ4n) is 1.17. The molecule has 0 fully saturated rings. The van der Waals surface area contributed by atoms with E-state index in [2.05, 4.69) is 21.2 Å². The summed E-state index contributed by atoms with van der Waals surface area (Å²) in [5, 5.41) is 2.79. The number of hydrogen-bond acceptors (Lipinski definition) is 3. The van der Waals surface area contributed by atoms with E-state index in [1.807, 2.05) is 6.92 Å². The second-order valence-electron chi connectivity index (χ2n) is 3.46. The summed E-state index contributed by atoms with van der Waals surface area (Å²) in [7, 11) is 1.56. The van der Waals surface area contributed by atoms with Crippen molar-refractivity contribution in [2.45, 2.75) is 13.0 Å². The van der Waals surface area contributed by atoms with Crippen molar-refractivity contribution in [1.82, 2.24) is 5.32 Å². The normalized spacial score (nSPS) is 12.0. The second-order valence-corrected chi connectivity index (χ2v) is 4.31. The van der Waals surface area contributed by atoms with Crippen LogP contribution in [0.1, 0.15) is 17.3 Å². The number of methoxy groups -OCH3 is 1. The maximum atomic E-state index is 11.9. The molecule has 0 saturated heterocycles. The third-order valence-corrected chi connectivity index (χ3v) is 2.84. The summed E-state index contributed by atoms with van der Waals surface area (Å²) in [5.41, 5.74) is 5.98. The van der Waals surface area contributed by atoms with E-state index >= 15 is 0 Å². The minimum Gasteiger partial charge on any atom is -0.497 e. The molecule has 16 heavy (non-hydrogen) atoms. The molecule has 88 valence electrons. The summed E-state index contributed by atoms with van der Waals surface area (Å²) in [5.74, 6) is 0.484. The molecule has 1 rings (SSSR count). The molecule has 1 amide bonds. The maximum Gasteiger partial charge on any atom is 0.252 e. The van der Waals surface area contributed by atoms with Crippen LogP contribution in [-0.2, 0) is 0 Å². The first kappa shape index (κ1) is 13.0. The standard InChI is InChI=1S/C11H15BrN2O2/c1-7(6-13)14-11(15)9-5-8(16-2)3-4-10(9)12/h3-5,7H,6,13H2,1-2H3,(H,14,15)/t7-/m1/s1. The van der Waals surface area contributed by atoms with E-state index in [1.54, 1.807) is 25.3 Å². The monoisotopic (exact) mass is 286 g/mol. The number of ether oxygens (including phenoxy) is 1. The number of amides is 1. The zero-order chi connectivity index (χ0) is 12.1. The molecule has 4 nitrogen and oxygen atoms in total. The van der Waals surface area contributed by atoms with Gasteiger partial charge in [0, 0.05) is 17.1 Å². The summed E-state index contributed by atoms with van der Waals surface area (Å²) in [6, 6.07) is 5.20. The maximum absolute atomic E-state index is 11.9. The Morgan fingerprint density at radius 3 is 2.88 bits per heavy atom. The Bertz CT molecular complexity index is 382. The van der Waals surface area contributed by atoms with Crippen molar-refractivity contribution >= 4 is 21.8 Å². The number of nitrogens with two attached hydrogens (primary N) is 1. The molecule has 0 bridgehead atoms. The number of benzene rings is 1. The van der Waals surface area contributed by atoms with Crippen molar-refractivity contribution in [2.24, 2.45) is 5.73 Å². The molecule has 0 spiro atoms. The van der Waals surface area contributed by atoms with Gasteiger partial charge in [-0.3, -0.25) is 4.79 Å². The Kier molecular flexibility index (Phi) is 4.76. The summed E-state index contributed by atoms with van der Waals surface area (Å²) >= 11 is 3.32. The van der Waals surface area contributed by atoms with Crippen molar-refractivity contribution in [3.63, 3.8) is 0 Å². The van der Waals surface area contributed by atoms with Gasteiger partial charge < -0.3 is 15.8 Å². The zero-order valence-electron chi connectivity index (χ0n) is 9.29. The molecule has 0 aliphatic carbocycles. The number of nitrogens with one attached hydrogen (secondary N) is 1. The van der Waals surface area contributed by atoms with Crippen LogP contribution in [0.15, 0.2) is 22.7 Å². The zero-order valence-corrected chi connectivity index (χ0v) is 10.9. The van der Waals surface area contributed by atoms with Gasteiger partial charge in [-0.2, -0.15) is 0 Å². The molecular weight excluding hydrogens is 272 g/mol. The van der Waals surface area contributed by atoms with Gasteiger partial charge in [-0.05, 0) is 41.1 Å². The smallest absolute Gasteiger partial charge is 0.252 e. The highest BCUT2D eigenvalue weighted by Gasteiger charge is 2.12. The Morgan fingerprint density at radius 1 is 1.62 bits per heavy atom. The van der Waals surface area contributed by atoms with Crippen LogP contribution < -0.4 is 15.8 Å². The van der Waals surface area contributed by atoms with Gasteiger partial charge in [-0.25, -0.2) is 0 Å². The Balaban J connectivity index is 2.89. The van der Waals surface area contributed by atoms with E-state index in [1.165, 1.54) is 0 Å². The summed E-state index contributed by atoms with van der Waals surface area (Å²) in [6.45, 7) is 2.26. The van der Waals surface area contributed by atoms with Gasteiger partial charge in [0.15, 0.2) is 0 Å². The van der Waals surface area contributed by atoms with E-state index in [0.717, 1.165) is 4.47 Å². The molecule has 0 heterocycles. The number of rotatable bonds is 4. The van der Waals surface area contributed by atoms with Gasteiger partial charge in [0.2, 0.25) is 0 Å². The minimum absolute atomic E-state index is 0.0504. The van der Waals surface area contributed by atoms with Gasteiger partial charge in [0.1, 0.15) is 5.75 Å². The largest absolute Gasteiger partial charge is 0.497 e. The molecule has 1 aromatic rings. The molecule has 0 unspecified atom stereocenters. The summed E-state index contributed by atoms with van der Waals surface area (Å²) < 4.78 is 5.80. The SMILES string of the molecule is COc1ccc(Br)c(C(=O)N[C@H](C)CN)c1. The highest BCUT2D eigenvalue weighted by Crippen LogP contribution is 2.22. The van der Waals surface area contributed by atoms with Crippen molar-refractivity contribution in [3.8, 4) is 5.75 Å². The van der Waals surface area contributed by atoms with Crippen LogP contribution >= 0.6 is 15.9 Å². The van der Waals surface area contributed by atoms with Crippen LogP contribution in [0.5, 0.6) is 5.75 Å². The predicted molar refractivity (Wildman–Crippen MR) is 66.7 cm³/mol. The molecule has 1 aromatic carbocycles. The lowest BCUT2D eigenvalue weighted by Gasteiger charge is -2.12. The van der Waals surface area contributed by atoms with E-state index < -0.39 is 0 Å². The first-order valence-electron chi connectivity index (χ1n) is 4.93. The van der Waals surface area contributed by atoms with Crippen molar-refractivity contribution in [3.05, 3.63) is 28.2 Å². The lowest BCUT2D eigenvalue weighted by Crippen LogP contribution is -2.37. The van der Waals surface area contributed by atoms with Gasteiger partial charge in [0.05, 0.1) is 12.7 Å². The number of carbonyl (C=O) groups is 1. The molecule has 0 saturated carbocycles. The first-order valence-corrected chi connectivity index (χ1v) is 5.72. The number of hydrogen-bond donors (Lipinski definition) is 2. The molecule has 0 aliphatic rings. The fourth-order valence-corrected chi connectivity index (χ4v) is 1.59. The van der Waals surface area contributed by atoms with Crippen LogP contribution in [0.2, 0.25) is 0 Å². The molecular formula is C11H15BrN2O2. The number of halogens is 1. The third kappa shape index (κ3) is 3.21. The molecule has 5 heteroatoms. The Labute approximate surface area is 103 Å². The van der Waals surface area contributed by atoms with Crippen molar-refractivity contribution in [2.75, 3.05) is 13.7 Å². The van der Waals surface area contributed by atoms with Crippen molar-refractivity contribution < 1.29 is 9.53 Å². The lowest BCUT2D eigenvalue weighted by atomic mass is 10.2. The topological polar surface area (TPSA) is 64.3 Å². The first-order chi connectivity index (χ1) is 7.58. The highest BCUT2D eigenvalue weighted by atomic mass is 79.9. The van der Waals surface area contributed by atoms with Crippen LogP contribution in [0, 0.1) is 0 Å². The van der Waals surface area contributed by atoms with E-state index in [-0.39, 0.29) is 11.9 Å². The van der Waals surface area contributed by atoms with Gasteiger partial charge in [-0.1, -0.05) is 0 Å². The number of carbonyl (C=O) groups excluding carboxylic acids is 1. The van der Waals surface area contributed by atoms with E-state index in [4.69, 9.17) is 10.5 Å². The fraction of sp³-hybridized carbons (Fsp3) is 0.364. The quantitative estimate of drug-likeness (QED) is 0.882. The van der Waals surface area contributed by atoms with E-state index in [0.29, 0.717) is 17.9 Å². The Hall–Kier alpha value is -1.07. The van der Waals surface area contributed by atoms with Crippen LogP contribution in [-0.4, -0.2) is 25.6 Å². The van der Waals surface area contributed by atoms with Crippen LogP contribution in [0.25, 0.3) is 0 Å². The summed E-state index contributed by atoms with van der Waals surface area (Å²) in [6.07, 6.45) is 0. The third-order valence-electron chi connectivity index (χ3n) is 2.15. The highest BCUT2D eigenvalue weighted by molar-refractivity contribution is 9.10. The van der Waals surface area contributed by atoms with Gasteiger partial charge in [-0.15, -0.1) is 0 Å².